The predicted octanol–water partition coefficient (Wildman–Crippen LogP) is 1.81. The molecule has 0 amide bonds. The van der Waals surface area contributed by atoms with Crippen molar-refractivity contribution in [3.05, 3.63) is 29.8 Å². The molecule has 0 aromatic heterocycles. The van der Waals surface area contributed by atoms with Crippen LogP contribution in [0.5, 0.6) is 5.75 Å². The fourth-order valence-corrected chi connectivity index (χ4v) is 1.92. The zero-order valence-electron chi connectivity index (χ0n) is 7.91. The molecule has 0 bridgehead atoms. The summed E-state index contributed by atoms with van der Waals surface area (Å²) in [6.45, 7) is 1.30. The fraction of sp³-hybridized carbons (Fsp3) is 0.455. The summed E-state index contributed by atoms with van der Waals surface area (Å²) in [7, 11) is 0. The second-order valence-corrected chi connectivity index (χ2v) is 3.71. The molecular weight excluding hydrogens is 181 g/mol. The molecule has 0 radical (unpaired) electrons. The Morgan fingerprint density at radius 1 is 1.29 bits per heavy atom. The Labute approximate surface area is 82.8 Å². The summed E-state index contributed by atoms with van der Waals surface area (Å²) < 4.78 is 13.5. The van der Waals surface area contributed by atoms with Crippen LogP contribution in [0.15, 0.2) is 24.3 Å². The summed E-state index contributed by atoms with van der Waals surface area (Å²) >= 11 is 0. The van der Waals surface area contributed by atoms with Gasteiger partial charge in [0.05, 0.1) is 0 Å². The molecule has 3 heteroatoms. The molecule has 1 heterocycles. The molecule has 1 aliphatic rings. The fourth-order valence-electron chi connectivity index (χ4n) is 1.92. The SMILES string of the molecule is Oc1ccc(C2CCNCC2F)cc1. The number of aromatic hydroxyl groups is 1. The lowest BCUT2D eigenvalue weighted by Gasteiger charge is -2.26. The predicted molar refractivity (Wildman–Crippen MR) is 53.2 cm³/mol. The summed E-state index contributed by atoms with van der Waals surface area (Å²) in [6, 6.07) is 6.84. The molecule has 76 valence electrons. The van der Waals surface area contributed by atoms with E-state index in [-0.39, 0.29) is 11.7 Å². The Bertz CT molecular complexity index is 299. The first-order valence-electron chi connectivity index (χ1n) is 4.91. The molecule has 0 aliphatic carbocycles. The molecule has 0 saturated carbocycles. The summed E-state index contributed by atoms with van der Waals surface area (Å²) in [5.41, 5.74) is 0.983. The third-order valence-electron chi connectivity index (χ3n) is 2.73. The lowest BCUT2D eigenvalue weighted by molar-refractivity contribution is 0.231. The molecule has 2 nitrogen and oxygen atoms in total. The van der Waals surface area contributed by atoms with E-state index in [4.69, 9.17) is 5.11 Å². The van der Waals surface area contributed by atoms with Crippen LogP contribution in [-0.4, -0.2) is 24.4 Å². The summed E-state index contributed by atoms with van der Waals surface area (Å²) in [5, 5.41) is 12.1. The van der Waals surface area contributed by atoms with Crippen LogP contribution < -0.4 is 5.32 Å². The van der Waals surface area contributed by atoms with Crippen molar-refractivity contribution in [2.45, 2.75) is 18.5 Å². The number of hydrogen-bond donors (Lipinski definition) is 2. The minimum atomic E-state index is -0.812. The lowest BCUT2D eigenvalue weighted by Crippen LogP contribution is -2.36. The second kappa shape index (κ2) is 3.96. The number of phenols is 1. The number of hydrogen-bond acceptors (Lipinski definition) is 2. The van der Waals surface area contributed by atoms with E-state index in [9.17, 15) is 4.39 Å². The monoisotopic (exact) mass is 195 g/mol. The van der Waals surface area contributed by atoms with E-state index in [1.165, 1.54) is 0 Å². The third-order valence-corrected chi connectivity index (χ3v) is 2.73. The zero-order valence-corrected chi connectivity index (χ0v) is 7.91. The molecule has 1 aromatic rings. The van der Waals surface area contributed by atoms with Gasteiger partial charge in [-0.3, -0.25) is 0 Å². The highest BCUT2D eigenvalue weighted by molar-refractivity contribution is 5.29. The number of alkyl halides is 1. The minimum absolute atomic E-state index is 0.0168. The van der Waals surface area contributed by atoms with Gasteiger partial charge in [0.1, 0.15) is 11.9 Å². The van der Waals surface area contributed by atoms with Gasteiger partial charge in [0, 0.05) is 12.5 Å². The van der Waals surface area contributed by atoms with E-state index in [2.05, 4.69) is 5.32 Å². The zero-order chi connectivity index (χ0) is 9.97. The maximum absolute atomic E-state index is 13.5. The van der Waals surface area contributed by atoms with Crippen molar-refractivity contribution in [3.63, 3.8) is 0 Å². The van der Waals surface area contributed by atoms with Crippen LogP contribution in [-0.2, 0) is 0 Å². The molecule has 1 saturated heterocycles. The molecule has 0 spiro atoms. The van der Waals surface area contributed by atoms with Crippen molar-refractivity contribution in [1.29, 1.82) is 0 Å². The lowest BCUT2D eigenvalue weighted by atomic mass is 9.89. The van der Waals surface area contributed by atoms with E-state index in [0.29, 0.717) is 6.54 Å². The van der Waals surface area contributed by atoms with Crippen molar-refractivity contribution in [1.82, 2.24) is 5.32 Å². The van der Waals surface area contributed by atoms with Gasteiger partial charge in [-0.05, 0) is 30.7 Å². The average Bonchev–Trinajstić information content (AvgIpc) is 2.20. The highest BCUT2D eigenvalue weighted by Gasteiger charge is 2.25. The first kappa shape index (κ1) is 9.46. The normalized spacial score (nSPS) is 27.5. The standard InChI is InChI=1S/C11H14FNO/c12-11-7-13-6-5-10(11)8-1-3-9(14)4-2-8/h1-4,10-11,13-14H,5-7H2. The van der Waals surface area contributed by atoms with Gasteiger partial charge in [0.15, 0.2) is 0 Å². The van der Waals surface area contributed by atoms with Crippen LogP contribution in [0.2, 0.25) is 0 Å². The largest absolute Gasteiger partial charge is 0.508 e. The van der Waals surface area contributed by atoms with Gasteiger partial charge in [-0.25, -0.2) is 4.39 Å². The van der Waals surface area contributed by atoms with Gasteiger partial charge in [0.2, 0.25) is 0 Å². The summed E-state index contributed by atoms with van der Waals surface area (Å²) in [4.78, 5) is 0. The molecule has 2 atom stereocenters. The third kappa shape index (κ3) is 1.87. The van der Waals surface area contributed by atoms with E-state index >= 15 is 0 Å². The van der Waals surface area contributed by atoms with Gasteiger partial charge < -0.3 is 10.4 Å². The number of rotatable bonds is 1. The first-order valence-corrected chi connectivity index (χ1v) is 4.91. The van der Waals surface area contributed by atoms with Crippen molar-refractivity contribution in [2.24, 2.45) is 0 Å². The van der Waals surface area contributed by atoms with E-state index in [0.717, 1.165) is 18.5 Å². The van der Waals surface area contributed by atoms with E-state index < -0.39 is 6.17 Å². The smallest absolute Gasteiger partial charge is 0.119 e. The Balaban J connectivity index is 2.16. The maximum Gasteiger partial charge on any atom is 0.119 e. The average molecular weight is 195 g/mol. The van der Waals surface area contributed by atoms with E-state index in [1.807, 2.05) is 0 Å². The molecule has 1 fully saturated rings. The highest BCUT2D eigenvalue weighted by Crippen LogP contribution is 2.28. The first-order chi connectivity index (χ1) is 6.77. The molecule has 1 aromatic carbocycles. The van der Waals surface area contributed by atoms with Crippen LogP contribution in [0.1, 0.15) is 17.9 Å². The van der Waals surface area contributed by atoms with Crippen molar-refractivity contribution >= 4 is 0 Å². The molecule has 1 aliphatic heterocycles. The second-order valence-electron chi connectivity index (χ2n) is 3.71. The molecule has 2 N–H and O–H groups in total. The number of halogens is 1. The minimum Gasteiger partial charge on any atom is -0.508 e. The van der Waals surface area contributed by atoms with Crippen molar-refractivity contribution in [2.75, 3.05) is 13.1 Å². The van der Waals surface area contributed by atoms with Crippen molar-refractivity contribution in [3.8, 4) is 5.75 Å². The maximum atomic E-state index is 13.5. The molecular formula is C11H14FNO. The number of nitrogens with one attached hydrogen (secondary N) is 1. The quantitative estimate of drug-likeness (QED) is 0.716. The molecule has 14 heavy (non-hydrogen) atoms. The number of piperidine rings is 1. The molecule has 2 unspecified atom stereocenters. The van der Waals surface area contributed by atoms with Crippen LogP contribution >= 0.6 is 0 Å². The van der Waals surface area contributed by atoms with Crippen LogP contribution in [0, 0.1) is 0 Å². The number of benzene rings is 1. The topological polar surface area (TPSA) is 32.3 Å². The van der Waals surface area contributed by atoms with Gasteiger partial charge in [-0.2, -0.15) is 0 Å². The van der Waals surface area contributed by atoms with Crippen LogP contribution in [0.3, 0.4) is 0 Å². The Kier molecular flexibility index (Phi) is 2.68. The number of phenolic OH excluding ortho intramolecular Hbond substituents is 1. The van der Waals surface area contributed by atoms with Gasteiger partial charge >= 0.3 is 0 Å². The Hall–Kier alpha value is -1.09. The summed E-state index contributed by atoms with van der Waals surface area (Å²) in [5.74, 6) is 0.218. The van der Waals surface area contributed by atoms with E-state index in [1.54, 1.807) is 24.3 Å². The molecule has 2 rings (SSSR count). The van der Waals surface area contributed by atoms with Gasteiger partial charge in [0.25, 0.3) is 0 Å². The Morgan fingerprint density at radius 3 is 2.64 bits per heavy atom. The van der Waals surface area contributed by atoms with Crippen molar-refractivity contribution < 1.29 is 9.50 Å². The summed E-state index contributed by atoms with van der Waals surface area (Å²) in [6.07, 6.45) is 0.0136. The van der Waals surface area contributed by atoms with Gasteiger partial charge in [-0.1, -0.05) is 12.1 Å². The van der Waals surface area contributed by atoms with Crippen LogP contribution in [0.4, 0.5) is 4.39 Å². The highest BCUT2D eigenvalue weighted by atomic mass is 19.1. The van der Waals surface area contributed by atoms with Gasteiger partial charge in [-0.15, -0.1) is 0 Å². The Morgan fingerprint density at radius 2 is 2.00 bits per heavy atom. The van der Waals surface area contributed by atoms with Crippen LogP contribution in [0.25, 0.3) is 0 Å².